The number of benzene rings is 2. The molecular formula is C14H12F3IO3S. The van der Waals surface area contributed by atoms with E-state index in [2.05, 4.69) is 2.51 Å². The Labute approximate surface area is 134 Å². The average Bonchev–Trinajstić information content (AvgIpc) is 2.46. The Hall–Kier alpha value is -1.13. The number of hydrogen-bond acceptors (Lipinski definition) is 3. The van der Waals surface area contributed by atoms with Crippen molar-refractivity contribution < 1.29 is 24.1 Å². The molecule has 0 saturated carbocycles. The molecule has 2 aromatic rings. The second kappa shape index (κ2) is 6.55. The molecule has 0 atom stereocenters. The molecule has 0 fully saturated rings. The fraction of sp³-hybridized carbons (Fsp3) is 0.143. The van der Waals surface area contributed by atoms with Gasteiger partial charge in [-0.3, -0.25) is 0 Å². The molecule has 0 saturated heterocycles. The second-order valence-corrected chi connectivity index (χ2v) is 10.8. The number of rotatable bonds is 4. The van der Waals surface area contributed by atoms with Gasteiger partial charge in [0.05, 0.1) is 0 Å². The monoisotopic (exact) mass is 444 g/mol. The first-order chi connectivity index (χ1) is 10.2. The molecule has 0 aliphatic carbocycles. The van der Waals surface area contributed by atoms with Crippen LogP contribution in [0, 0.1) is 14.1 Å². The van der Waals surface area contributed by atoms with Gasteiger partial charge in [0.25, 0.3) is 0 Å². The molecule has 120 valence electrons. The van der Waals surface area contributed by atoms with E-state index in [4.69, 9.17) is 0 Å². The fourth-order valence-electron chi connectivity index (χ4n) is 1.49. The Morgan fingerprint density at radius 1 is 0.909 bits per heavy atom. The van der Waals surface area contributed by atoms with Crippen LogP contribution in [0.3, 0.4) is 0 Å². The van der Waals surface area contributed by atoms with Crippen LogP contribution in [-0.2, 0) is 12.6 Å². The quantitative estimate of drug-likeness (QED) is 0.521. The third-order valence-corrected chi connectivity index (χ3v) is 9.63. The molecule has 2 rings (SSSR count). The Balaban J connectivity index is 2.46. The normalized spacial score (nSPS) is 13.0. The van der Waals surface area contributed by atoms with Crippen LogP contribution >= 0.6 is 20.2 Å². The first-order valence-electron chi connectivity index (χ1n) is 6.04. The predicted molar refractivity (Wildman–Crippen MR) is 85.1 cm³/mol. The molecule has 0 aliphatic heterocycles. The van der Waals surface area contributed by atoms with E-state index in [0.29, 0.717) is 7.14 Å². The van der Waals surface area contributed by atoms with Crippen molar-refractivity contribution in [2.45, 2.75) is 12.4 Å². The van der Waals surface area contributed by atoms with Gasteiger partial charge < -0.3 is 0 Å². The minimum atomic E-state index is -5.63. The Kier molecular flexibility index (Phi) is 5.13. The van der Waals surface area contributed by atoms with Gasteiger partial charge in [0.1, 0.15) is 0 Å². The van der Waals surface area contributed by atoms with Gasteiger partial charge in [0.2, 0.25) is 0 Å². The summed E-state index contributed by atoms with van der Waals surface area (Å²) in [6.07, 6.45) is 0. The average molecular weight is 444 g/mol. The van der Waals surface area contributed by atoms with Crippen molar-refractivity contribution in [3.05, 3.63) is 67.3 Å². The summed E-state index contributed by atoms with van der Waals surface area (Å²) in [6, 6.07) is 14.8. The zero-order valence-electron chi connectivity index (χ0n) is 11.3. The Morgan fingerprint density at radius 3 is 1.91 bits per heavy atom. The number of aryl methyl sites for hydroxylation is 1. The van der Waals surface area contributed by atoms with Gasteiger partial charge in [-0.1, -0.05) is 0 Å². The second-order valence-electron chi connectivity index (χ2n) is 4.30. The van der Waals surface area contributed by atoms with Gasteiger partial charge in [-0.15, -0.1) is 0 Å². The predicted octanol–water partition coefficient (Wildman–Crippen LogP) is 4.32. The van der Waals surface area contributed by atoms with E-state index in [9.17, 15) is 21.6 Å². The molecular weight excluding hydrogens is 432 g/mol. The minimum absolute atomic E-state index is 0.475. The van der Waals surface area contributed by atoms with Gasteiger partial charge in [0.15, 0.2) is 0 Å². The molecule has 0 heterocycles. The van der Waals surface area contributed by atoms with Crippen LogP contribution in [0.5, 0.6) is 0 Å². The van der Waals surface area contributed by atoms with Crippen LogP contribution in [-0.4, -0.2) is 13.9 Å². The van der Waals surface area contributed by atoms with Crippen LogP contribution in [0.1, 0.15) is 5.56 Å². The molecule has 0 aromatic heterocycles. The van der Waals surface area contributed by atoms with Gasteiger partial charge in [-0.05, 0) is 0 Å². The van der Waals surface area contributed by atoms with Crippen molar-refractivity contribution >= 4 is 30.4 Å². The molecule has 0 bridgehead atoms. The molecule has 2 aromatic carbocycles. The summed E-state index contributed by atoms with van der Waals surface area (Å²) in [6.45, 7) is 1.83. The molecule has 8 heteroatoms. The van der Waals surface area contributed by atoms with E-state index >= 15 is 0 Å². The van der Waals surface area contributed by atoms with Gasteiger partial charge >= 0.3 is 134 Å². The van der Waals surface area contributed by atoms with Crippen LogP contribution in [0.25, 0.3) is 0 Å². The molecule has 0 N–H and O–H groups in total. The van der Waals surface area contributed by atoms with Crippen molar-refractivity contribution in [2.24, 2.45) is 0 Å². The first-order valence-corrected chi connectivity index (χ1v) is 10.5. The molecule has 0 unspecified atom stereocenters. The van der Waals surface area contributed by atoms with E-state index in [1.165, 1.54) is 0 Å². The SMILES string of the molecule is Cc1ccc(I(OS(=O)(=O)C(F)(F)F)c2ccccc2)cc1. The number of alkyl halides is 3. The summed E-state index contributed by atoms with van der Waals surface area (Å²) < 4.78 is 66.1. The van der Waals surface area contributed by atoms with E-state index in [1.54, 1.807) is 54.6 Å². The molecule has 0 aliphatic rings. The van der Waals surface area contributed by atoms with Crippen molar-refractivity contribution in [3.63, 3.8) is 0 Å². The summed E-state index contributed by atoms with van der Waals surface area (Å²) >= 11 is -3.22. The molecule has 0 spiro atoms. The van der Waals surface area contributed by atoms with Crippen molar-refractivity contribution in [2.75, 3.05) is 0 Å². The van der Waals surface area contributed by atoms with Gasteiger partial charge in [-0.2, -0.15) is 0 Å². The number of halogens is 4. The van der Waals surface area contributed by atoms with Crippen LogP contribution in [0.15, 0.2) is 54.6 Å². The summed E-state index contributed by atoms with van der Waals surface area (Å²) in [5.41, 5.74) is -4.51. The van der Waals surface area contributed by atoms with Crippen molar-refractivity contribution in [1.29, 1.82) is 0 Å². The Bertz CT molecular complexity index is 728. The van der Waals surface area contributed by atoms with E-state index in [1.807, 2.05) is 6.92 Å². The summed E-state index contributed by atoms with van der Waals surface area (Å²) in [5.74, 6) is 0. The summed E-state index contributed by atoms with van der Waals surface area (Å²) in [7, 11) is -5.63. The van der Waals surface area contributed by atoms with E-state index < -0.39 is 35.9 Å². The molecule has 3 nitrogen and oxygen atoms in total. The summed E-state index contributed by atoms with van der Waals surface area (Å²) in [5, 5.41) is 0. The third kappa shape index (κ3) is 3.99. The maximum absolute atomic E-state index is 12.6. The van der Waals surface area contributed by atoms with Crippen LogP contribution < -0.4 is 0 Å². The first kappa shape index (κ1) is 17.2. The molecule has 0 amide bonds. The van der Waals surface area contributed by atoms with Crippen molar-refractivity contribution in [1.82, 2.24) is 0 Å². The van der Waals surface area contributed by atoms with Crippen LogP contribution in [0.2, 0.25) is 0 Å². The zero-order chi connectivity index (χ0) is 16.4. The number of hydrogen-bond donors (Lipinski definition) is 0. The molecule has 22 heavy (non-hydrogen) atoms. The molecule has 0 radical (unpaired) electrons. The maximum atomic E-state index is 12.6. The van der Waals surface area contributed by atoms with Gasteiger partial charge in [-0.25, -0.2) is 0 Å². The fourth-order valence-corrected chi connectivity index (χ4v) is 7.95. The van der Waals surface area contributed by atoms with Crippen LogP contribution in [0.4, 0.5) is 13.2 Å². The van der Waals surface area contributed by atoms with E-state index in [-0.39, 0.29) is 0 Å². The topological polar surface area (TPSA) is 43.4 Å². The van der Waals surface area contributed by atoms with Gasteiger partial charge in [0, 0.05) is 0 Å². The van der Waals surface area contributed by atoms with Crippen molar-refractivity contribution in [3.8, 4) is 0 Å². The Morgan fingerprint density at radius 2 is 1.41 bits per heavy atom. The van der Waals surface area contributed by atoms with E-state index in [0.717, 1.165) is 5.56 Å². The third-order valence-electron chi connectivity index (χ3n) is 2.57. The standard InChI is InChI=1S/C14H12F3IO3S/c1-11-7-9-13(10-8-11)18(12-5-3-2-4-6-12)21-22(19,20)14(15,16)17/h2-10H,1H3. The zero-order valence-corrected chi connectivity index (χ0v) is 14.3. The summed E-state index contributed by atoms with van der Waals surface area (Å²) in [4.78, 5) is 0.